The van der Waals surface area contributed by atoms with E-state index in [9.17, 15) is 9.59 Å². The predicted octanol–water partition coefficient (Wildman–Crippen LogP) is 3.29. The number of hydrogen-bond acceptors (Lipinski definition) is 5. The summed E-state index contributed by atoms with van der Waals surface area (Å²) >= 11 is 0. The summed E-state index contributed by atoms with van der Waals surface area (Å²) in [6.45, 7) is 3.56. The third-order valence-electron chi connectivity index (χ3n) is 6.23. The highest BCUT2D eigenvalue weighted by Gasteiger charge is 2.39. The fourth-order valence-electron chi connectivity index (χ4n) is 4.63. The topological polar surface area (TPSA) is 79.5 Å². The number of benzene rings is 2. The second-order valence-corrected chi connectivity index (χ2v) is 8.18. The van der Waals surface area contributed by atoms with E-state index in [1.807, 2.05) is 54.3 Å². The van der Waals surface area contributed by atoms with Gasteiger partial charge in [0.25, 0.3) is 0 Å². The maximum absolute atomic E-state index is 13.1. The normalized spacial score (nSPS) is 20.3. The zero-order valence-corrected chi connectivity index (χ0v) is 17.0. The van der Waals surface area contributed by atoms with Crippen molar-refractivity contribution in [3.8, 4) is 0 Å². The van der Waals surface area contributed by atoms with E-state index in [-0.39, 0.29) is 30.1 Å². The first-order valence-corrected chi connectivity index (χ1v) is 10.5. The molecule has 0 bridgehead atoms. The molecule has 0 radical (unpaired) electrons. The second kappa shape index (κ2) is 7.55. The summed E-state index contributed by atoms with van der Waals surface area (Å²) in [5.74, 6) is 1.30. The van der Waals surface area contributed by atoms with Gasteiger partial charge < -0.3 is 14.3 Å². The molecule has 2 aliphatic rings. The molecule has 5 rings (SSSR count). The lowest BCUT2D eigenvalue weighted by Crippen LogP contribution is -2.42. The van der Waals surface area contributed by atoms with Crippen LogP contribution in [0.15, 0.2) is 47.0 Å². The van der Waals surface area contributed by atoms with Gasteiger partial charge in [0.15, 0.2) is 5.82 Å². The van der Waals surface area contributed by atoms with Gasteiger partial charge in [0.05, 0.1) is 11.6 Å². The Labute approximate surface area is 174 Å². The third-order valence-corrected chi connectivity index (χ3v) is 6.23. The molecule has 7 nitrogen and oxygen atoms in total. The van der Waals surface area contributed by atoms with Crippen molar-refractivity contribution in [2.75, 3.05) is 24.5 Å². The van der Waals surface area contributed by atoms with E-state index < -0.39 is 0 Å². The van der Waals surface area contributed by atoms with Crippen LogP contribution in [-0.4, -0.2) is 46.5 Å². The minimum Gasteiger partial charge on any atom is -0.342 e. The van der Waals surface area contributed by atoms with Crippen LogP contribution in [0.5, 0.6) is 0 Å². The molecule has 7 heteroatoms. The Balaban J connectivity index is 1.27. The number of piperidine rings is 1. The van der Waals surface area contributed by atoms with Crippen molar-refractivity contribution in [1.29, 1.82) is 0 Å². The molecule has 1 aromatic heterocycles. The van der Waals surface area contributed by atoms with Gasteiger partial charge in [-0.1, -0.05) is 41.6 Å². The number of hydrogen-bond donors (Lipinski definition) is 0. The number of aryl methyl sites for hydroxylation is 1. The summed E-state index contributed by atoms with van der Waals surface area (Å²) < 4.78 is 5.30. The molecule has 3 heterocycles. The minimum absolute atomic E-state index is 0.0147. The SMILES string of the molecule is Cc1noc(C2CCN(C(=O)C3CC(=O)N(c4cccc5ccccc45)C3)CC2)n1. The molecule has 30 heavy (non-hydrogen) atoms. The highest BCUT2D eigenvalue weighted by atomic mass is 16.5. The Morgan fingerprint density at radius 1 is 1.10 bits per heavy atom. The third kappa shape index (κ3) is 3.34. The van der Waals surface area contributed by atoms with Gasteiger partial charge in [-0.15, -0.1) is 0 Å². The van der Waals surface area contributed by atoms with Crippen molar-refractivity contribution in [3.63, 3.8) is 0 Å². The molecule has 2 aromatic carbocycles. The zero-order chi connectivity index (χ0) is 20.7. The smallest absolute Gasteiger partial charge is 0.229 e. The molecule has 154 valence electrons. The fourth-order valence-corrected chi connectivity index (χ4v) is 4.63. The summed E-state index contributed by atoms with van der Waals surface area (Å²) in [5, 5.41) is 6.00. The van der Waals surface area contributed by atoms with Crippen molar-refractivity contribution in [3.05, 3.63) is 54.2 Å². The molecule has 2 amide bonds. The lowest BCUT2D eigenvalue weighted by molar-refractivity contribution is -0.136. The Bertz CT molecular complexity index is 1100. The fraction of sp³-hybridized carbons (Fsp3) is 0.391. The quantitative estimate of drug-likeness (QED) is 0.669. The standard InChI is InChI=1S/C23H24N4O3/c1-15-24-22(30-25-15)17-9-11-26(12-10-17)23(29)18-13-21(28)27(14-18)20-8-4-6-16-5-2-3-7-19(16)20/h2-8,17-18H,9-14H2,1H3. The van der Waals surface area contributed by atoms with Gasteiger partial charge in [0.1, 0.15) is 0 Å². The van der Waals surface area contributed by atoms with Gasteiger partial charge in [-0.2, -0.15) is 4.98 Å². The van der Waals surface area contributed by atoms with E-state index in [1.54, 1.807) is 4.90 Å². The van der Waals surface area contributed by atoms with Gasteiger partial charge in [0, 0.05) is 37.4 Å². The van der Waals surface area contributed by atoms with Gasteiger partial charge >= 0.3 is 0 Å². The maximum Gasteiger partial charge on any atom is 0.229 e. The first kappa shape index (κ1) is 18.8. The number of fused-ring (bicyclic) bond motifs is 1. The molecule has 0 N–H and O–H groups in total. The number of rotatable bonds is 3. The average molecular weight is 404 g/mol. The summed E-state index contributed by atoms with van der Waals surface area (Å²) in [6, 6.07) is 14.0. The molecule has 2 saturated heterocycles. The minimum atomic E-state index is -0.293. The maximum atomic E-state index is 13.1. The van der Waals surface area contributed by atoms with Gasteiger partial charge in [-0.05, 0) is 31.2 Å². The first-order valence-electron chi connectivity index (χ1n) is 10.5. The molecule has 2 aliphatic heterocycles. The number of carbonyl (C=O) groups excluding carboxylic acids is 2. The van der Waals surface area contributed by atoms with E-state index in [0.29, 0.717) is 31.3 Å². The number of carbonyl (C=O) groups is 2. The van der Waals surface area contributed by atoms with Crippen LogP contribution in [0.1, 0.15) is 36.9 Å². The Morgan fingerprint density at radius 2 is 1.87 bits per heavy atom. The van der Waals surface area contributed by atoms with Crippen LogP contribution in [0, 0.1) is 12.8 Å². The Morgan fingerprint density at radius 3 is 2.63 bits per heavy atom. The summed E-state index contributed by atoms with van der Waals surface area (Å²) in [4.78, 5) is 33.9. The molecule has 0 aliphatic carbocycles. The van der Waals surface area contributed by atoms with Crippen LogP contribution >= 0.6 is 0 Å². The largest absolute Gasteiger partial charge is 0.342 e. The molecule has 0 spiro atoms. The van der Waals surface area contributed by atoms with E-state index >= 15 is 0 Å². The van der Waals surface area contributed by atoms with Crippen molar-refractivity contribution >= 4 is 28.3 Å². The molecule has 3 aromatic rings. The van der Waals surface area contributed by atoms with Crippen molar-refractivity contribution in [1.82, 2.24) is 15.0 Å². The molecule has 0 saturated carbocycles. The van der Waals surface area contributed by atoms with Gasteiger partial charge in [-0.25, -0.2) is 0 Å². The summed E-state index contributed by atoms with van der Waals surface area (Å²) in [6.07, 6.45) is 1.88. The van der Waals surface area contributed by atoms with Crippen LogP contribution in [0.3, 0.4) is 0 Å². The van der Waals surface area contributed by atoms with Crippen molar-refractivity contribution in [2.45, 2.75) is 32.1 Å². The lowest BCUT2D eigenvalue weighted by Gasteiger charge is -2.32. The monoisotopic (exact) mass is 404 g/mol. The van der Waals surface area contributed by atoms with Crippen LogP contribution in [0.25, 0.3) is 10.8 Å². The Hall–Kier alpha value is -3.22. The number of nitrogens with zero attached hydrogens (tertiary/aromatic N) is 4. The van der Waals surface area contributed by atoms with Crippen molar-refractivity contribution in [2.24, 2.45) is 5.92 Å². The van der Waals surface area contributed by atoms with Crippen LogP contribution in [-0.2, 0) is 9.59 Å². The summed E-state index contributed by atoms with van der Waals surface area (Å²) in [5.41, 5.74) is 0.888. The first-order chi connectivity index (χ1) is 14.6. The molecule has 1 atom stereocenters. The van der Waals surface area contributed by atoms with E-state index in [2.05, 4.69) is 10.1 Å². The number of aromatic nitrogens is 2. The predicted molar refractivity (Wildman–Crippen MR) is 112 cm³/mol. The lowest BCUT2D eigenvalue weighted by atomic mass is 9.95. The van der Waals surface area contributed by atoms with E-state index in [4.69, 9.17) is 4.52 Å². The molecular weight excluding hydrogens is 380 g/mol. The molecule has 1 unspecified atom stereocenters. The van der Waals surface area contributed by atoms with Gasteiger partial charge in [-0.3, -0.25) is 9.59 Å². The second-order valence-electron chi connectivity index (χ2n) is 8.18. The average Bonchev–Trinajstić information content (AvgIpc) is 3.38. The number of anilines is 1. The zero-order valence-electron chi connectivity index (χ0n) is 17.0. The van der Waals surface area contributed by atoms with Gasteiger partial charge in [0.2, 0.25) is 17.7 Å². The van der Waals surface area contributed by atoms with Crippen LogP contribution < -0.4 is 4.90 Å². The van der Waals surface area contributed by atoms with E-state index in [0.717, 1.165) is 29.3 Å². The van der Waals surface area contributed by atoms with Crippen molar-refractivity contribution < 1.29 is 14.1 Å². The highest BCUT2D eigenvalue weighted by molar-refractivity contribution is 6.07. The number of amides is 2. The highest BCUT2D eigenvalue weighted by Crippen LogP contribution is 2.33. The van der Waals surface area contributed by atoms with Crippen LogP contribution in [0.2, 0.25) is 0 Å². The Kier molecular flexibility index (Phi) is 4.73. The molecule has 2 fully saturated rings. The number of likely N-dealkylation sites (tertiary alicyclic amines) is 1. The molecular formula is C23H24N4O3. The summed E-state index contributed by atoms with van der Waals surface area (Å²) in [7, 11) is 0. The van der Waals surface area contributed by atoms with E-state index in [1.165, 1.54) is 0 Å². The van der Waals surface area contributed by atoms with Crippen LogP contribution in [0.4, 0.5) is 5.69 Å².